The number of nitrogens with zero attached hydrogens (tertiary/aromatic N) is 1. The summed E-state index contributed by atoms with van der Waals surface area (Å²) in [5.41, 5.74) is 0.735. The number of carboxylic acid groups (broad SMARTS) is 1. The van der Waals surface area contributed by atoms with Crippen molar-refractivity contribution in [2.45, 2.75) is 46.0 Å². The first-order valence-corrected chi connectivity index (χ1v) is 6.58. The first kappa shape index (κ1) is 16.8. The molecular formula is C15H19NO5. The normalized spacial score (nSPS) is 11.2. The fourth-order valence-electron chi connectivity index (χ4n) is 1.97. The first-order valence-electron chi connectivity index (χ1n) is 6.58. The summed E-state index contributed by atoms with van der Waals surface area (Å²) in [4.78, 5) is 33.3. The standard InChI is InChI=1S/C15H19NO5/c1-9-11(13(17)5-6-14(18)19)7-10(15(2,3)4)8-12(9)16(20)21/h7-8H,5-6H2,1-4H3,(H,18,19). The maximum absolute atomic E-state index is 12.1. The van der Waals surface area contributed by atoms with Crippen molar-refractivity contribution >= 4 is 17.4 Å². The Labute approximate surface area is 122 Å². The number of carbonyl (C=O) groups is 2. The summed E-state index contributed by atoms with van der Waals surface area (Å²) in [6.07, 6.45) is -0.452. The van der Waals surface area contributed by atoms with Gasteiger partial charge < -0.3 is 5.11 Å². The topological polar surface area (TPSA) is 97.5 Å². The molecule has 0 heterocycles. The van der Waals surface area contributed by atoms with Gasteiger partial charge in [-0.05, 0) is 24.0 Å². The lowest BCUT2D eigenvalue weighted by molar-refractivity contribution is -0.385. The molecule has 1 rings (SSSR count). The highest BCUT2D eigenvalue weighted by Gasteiger charge is 2.25. The van der Waals surface area contributed by atoms with Gasteiger partial charge in [-0.3, -0.25) is 19.7 Å². The Morgan fingerprint density at radius 3 is 2.24 bits per heavy atom. The largest absolute Gasteiger partial charge is 0.481 e. The third kappa shape index (κ3) is 4.11. The zero-order valence-electron chi connectivity index (χ0n) is 12.6. The molecule has 0 saturated heterocycles. The van der Waals surface area contributed by atoms with Crippen LogP contribution in [-0.2, 0) is 10.2 Å². The van der Waals surface area contributed by atoms with Crippen molar-refractivity contribution in [2.24, 2.45) is 0 Å². The van der Waals surface area contributed by atoms with E-state index in [1.807, 2.05) is 20.8 Å². The van der Waals surface area contributed by atoms with Crippen molar-refractivity contribution in [1.29, 1.82) is 0 Å². The summed E-state index contributed by atoms with van der Waals surface area (Å²) in [7, 11) is 0. The zero-order chi connectivity index (χ0) is 16.4. The maximum Gasteiger partial charge on any atom is 0.303 e. The number of aliphatic carboxylic acids is 1. The van der Waals surface area contributed by atoms with Crippen LogP contribution < -0.4 is 0 Å². The monoisotopic (exact) mass is 293 g/mol. The van der Waals surface area contributed by atoms with E-state index in [1.54, 1.807) is 6.07 Å². The molecule has 0 fully saturated rings. The molecule has 0 radical (unpaired) electrons. The van der Waals surface area contributed by atoms with Crippen molar-refractivity contribution in [3.8, 4) is 0 Å². The first-order chi connectivity index (χ1) is 9.54. The van der Waals surface area contributed by atoms with Gasteiger partial charge in [0.25, 0.3) is 5.69 Å². The third-order valence-corrected chi connectivity index (χ3v) is 3.31. The van der Waals surface area contributed by atoms with Crippen LogP contribution in [0.2, 0.25) is 0 Å². The molecule has 6 heteroatoms. The van der Waals surface area contributed by atoms with E-state index in [9.17, 15) is 19.7 Å². The lowest BCUT2D eigenvalue weighted by Gasteiger charge is -2.20. The number of carbonyl (C=O) groups excluding carboxylic acids is 1. The van der Waals surface area contributed by atoms with Crippen LogP contribution in [0.5, 0.6) is 0 Å². The third-order valence-electron chi connectivity index (χ3n) is 3.31. The van der Waals surface area contributed by atoms with Crippen LogP contribution in [0.4, 0.5) is 5.69 Å². The van der Waals surface area contributed by atoms with Gasteiger partial charge in [-0.1, -0.05) is 20.8 Å². The maximum atomic E-state index is 12.1. The fraction of sp³-hybridized carbons (Fsp3) is 0.467. The van der Waals surface area contributed by atoms with E-state index in [4.69, 9.17) is 5.11 Å². The zero-order valence-corrected chi connectivity index (χ0v) is 12.6. The molecule has 0 atom stereocenters. The van der Waals surface area contributed by atoms with Gasteiger partial charge in [0.05, 0.1) is 11.3 Å². The van der Waals surface area contributed by atoms with Crippen LogP contribution in [0, 0.1) is 17.0 Å². The van der Waals surface area contributed by atoms with Crippen LogP contribution in [0.15, 0.2) is 12.1 Å². The van der Waals surface area contributed by atoms with Crippen molar-refractivity contribution in [1.82, 2.24) is 0 Å². The predicted molar refractivity (Wildman–Crippen MR) is 77.7 cm³/mol. The number of hydrogen-bond donors (Lipinski definition) is 1. The Kier molecular flexibility index (Phi) is 4.83. The molecule has 0 bridgehead atoms. The number of carboxylic acids is 1. The molecule has 0 aliphatic heterocycles. The number of hydrogen-bond acceptors (Lipinski definition) is 4. The van der Waals surface area contributed by atoms with Crippen LogP contribution >= 0.6 is 0 Å². The van der Waals surface area contributed by atoms with Gasteiger partial charge in [0.15, 0.2) is 5.78 Å². The summed E-state index contributed by atoms with van der Waals surface area (Å²) < 4.78 is 0. The smallest absolute Gasteiger partial charge is 0.303 e. The Morgan fingerprint density at radius 1 is 1.24 bits per heavy atom. The minimum absolute atomic E-state index is 0.110. The van der Waals surface area contributed by atoms with Gasteiger partial charge >= 0.3 is 5.97 Å². The van der Waals surface area contributed by atoms with Crippen molar-refractivity contribution in [3.63, 3.8) is 0 Å². The molecule has 0 unspecified atom stereocenters. The summed E-state index contributed by atoms with van der Waals surface area (Å²) in [5, 5.41) is 19.8. The van der Waals surface area contributed by atoms with Crippen LogP contribution in [-0.4, -0.2) is 21.8 Å². The van der Waals surface area contributed by atoms with Crippen molar-refractivity contribution in [2.75, 3.05) is 0 Å². The number of nitro benzene ring substituents is 1. The van der Waals surface area contributed by atoms with E-state index in [2.05, 4.69) is 0 Å². The number of rotatable bonds is 5. The molecule has 1 N–H and O–H groups in total. The Hall–Kier alpha value is -2.24. The van der Waals surface area contributed by atoms with E-state index < -0.39 is 10.9 Å². The lowest BCUT2D eigenvalue weighted by Crippen LogP contribution is -2.15. The SMILES string of the molecule is Cc1c(C(=O)CCC(=O)O)cc(C(C)(C)C)cc1[N+](=O)[O-]. The molecule has 0 saturated carbocycles. The lowest BCUT2D eigenvalue weighted by atomic mass is 9.83. The molecule has 114 valence electrons. The van der Waals surface area contributed by atoms with Crippen LogP contribution in [0.25, 0.3) is 0 Å². The highest BCUT2D eigenvalue weighted by molar-refractivity contribution is 5.99. The number of benzene rings is 1. The van der Waals surface area contributed by atoms with Crippen LogP contribution in [0.3, 0.4) is 0 Å². The number of nitro groups is 1. The molecule has 1 aromatic rings. The molecule has 21 heavy (non-hydrogen) atoms. The second kappa shape index (κ2) is 6.03. The molecule has 0 aromatic heterocycles. The molecule has 6 nitrogen and oxygen atoms in total. The highest BCUT2D eigenvalue weighted by atomic mass is 16.6. The average Bonchev–Trinajstić information content (AvgIpc) is 2.34. The van der Waals surface area contributed by atoms with E-state index >= 15 is 0 Å². The molecular weight excluding hydrogens is 274 g/mol. The van der Waals surface area contributed by atoms with Gasteiger partial charge in [0.1, 0.15) is 0 Å². The minimum Gasteiger partial charge on any atom is -0.481 e. The molecule has 0 aliphatic carbocycles. The van der Waals surface area contributed by atoms with E-state index in [0.717, 1.165) is 0 Å². The van der Waals surface area contributed by atoms with Gasteiger partial charge in [0, 0.05) is 23.6 Å². The van der Waals surface area contributed by atoms with Crippen molar-refractivity contribution < 1.29 is 19.6 Å². The van der Waals surface area contributed by atoms with E-state index in [1.165, 1.54) is 13.0 Å². The van der Waals surface area contributed by atoms with E-state index in [0.29, 0.717) is 5.56 Å². The summed E-state index contributed by atoms with van der Waals surface area (Å²) >= 11 is 0. The summed E-state index contributed by atoms with van der Waals surface area (Å²) in [6, 6.07) is 3.11. The Morgan fingerprint density at radius 2 is 1.81 bits per heavy atom. The molecule has 0 spiro atoms. The van der Waals surface area contributed by atoms with Gasteiger partial charge in [-0.25, -0.2) is 0 Å². The summed E-state index contributed by atoms with van der Waals surface area (Å²) in [6.45, 7) is 7.20. The quantitative estimate of drug-likeness (QED) is 0.510. The average molecular weight is 293 g/mol. The van der Waals surface area contributed by atoms with Crippen molar-refractivity contribution in [3.05, 3.63) is 38.9 Å². The Bertz CT molecular complexity index is 599. The number of Topliss-reactive ketones (excluding diaryl/α,β-unsaturated/α-hetero) is 1. The highest BCUT2D eigenvalue weighted by Crippen LogP contribution is 2.31. The number of ketones is 1. The van der Waals surface area contributed by atoms with Gasteiger partial charge in [-0.15, -0.1) is 0 Å². The summed E-state index contributed by atoms with van der Waals surface area (Å²) in [5.74, 6) is -1.45. The van der Waals surface area contributed by atoms with E-state index in [-0.39, 0.29) is 40.9 Å². The Balaban J connectivity index is 3.36. The molecule has 0 amide bonds. The molecule has 1 aromatic carbocycles. The minimum atomic E-state index is -1.07. The van der Waals surface area contributed by atoms with Crippen LogP contribution in [0.1, 0.15) is 55.1 Å². The van der Waals surface area contributed by atoms with Gasteiger partial charge in [-0.2, -0.15) is 0 Å². The fourth-order valence-corrected chi connectivity index (χ4v) is 1.97. The second-order valence-corrected chi connectivity index (χ2v) is 5.99. The second-order valence-electron chi connectivity index (χ2n) is 5.99. The molecule has 0 aliphatic rings. The van der Waals surface area contributed by atoms with Gasteiger partial charge in [0.2, 0.25) is 0 Å². The predicted octanol–water partition coefficient (Wildman–Crippen LogP) is 3.25.